The summed E-state index contributed by atoms with van der Waals surface area (Å²) in [6.45, 7) is 13.2. The van der Waals surface area contributed by atoms with Crippen LogP contribution in [0.5, 0.6) is 0 Å². The molecule has 0 spiro atoms. The van der Waals surface area contributed by atoms with Crippen LogP contribution in [-0.2, 0) is 16.5 Å². The fraction of sp³-hybridized carbons (Fsp3) is 0.533. The van der Waals surface area contributed by atoms with Gasteiger partial charge < -0.3 is 0 Å². The first-order valence-corrected chi connectivity index (χ1v) is 12.7. The van der Waals surface area contributed by atoms with E-state index < -0.39 is 0 Å². The first-order valence-electron chi connectivity index (χ1n) is 12.7. The average Bonchev–Trinajstić information content (AvgIpc) is 2.71. The zero-order valence-electron chi connectivity index (χ0n) is 21.7. The van der Waals surface area contributed by atoms with E-state index in [0.29, 0.717) is 0 Å². The molecule has 0 aliphatic heterocycles. The summed E-state index contributed by atoms with van der Waals surface area (Å²) < 4.78 is 0. The molecule has 2 nitrogen and oxygen atoms in total. The maximum absolute atomic E-state index is 5.20. The maximum Gasteiger partial charge on any atom is 0.0639 e. The minimum absolute atomic E-state index is 0. The molecule has 2 aromatic rings. The maximum atomic E-state index is 5.20. The predicted octanol–water partition coefficient (Wildman–Crippen LogP) is 9.70. The van der Waals surface area contributed by atoms with Gasteiger partial charge in [0.25, 0.3) is 0 Å². The monoisotopic (exact) mass is 490 g/mol. The summed E-state index contributed by atoms with van der Waals surface area (Å²) in [6, 6.07) is 13.2. The molecular formula is C30H44N2Ni. The molecule has 0 aliphatic rings. The molecule has 0 unspecified atom stereocenters. The van der Waals surface area contributed by atoms with Crippen molar-refractivity contribution in [3.8, 4) is 0 Å². The van der Waals surface area contributed by atoms with Crippen molar-refractivity contribution < 1.29 is 16.5 Å². The van der Waals surface area contributed by atoms with Gasteiger partial charge in [0, 0.05) is 16.5 Å². The number of aliphatic imine (C=N–C) groups is 2. The predicted molar refractivity (Wildman–Crippen MR) is 144 cm³/mol. The van der Waals surface area contributed by atoms with Crippen molar-refractivity contribution >= 4 is 22.8 Å². The van der Waals surface area contributed by atoms with E-state index in [1.807, 2.05) is 0 Å². The molecule has 0 amide bonds. The van der Waals surface area contributed by atoms with E-state index in [2.05, 4.69) is 77.9 Å². The van der Waals surface area contributed by atoms with Crippen molar-refractivity contribution in [3.63, 3.8) is 0 Å². The Morgan fingerprint density at radius 3 is 1.15 bits per heavy atom. The summed E-state index contributed by atoms with van der Waals surface area (Å²) in [7, 11) is 0. The smallest absolute Gasteiger partial charge is 0.0639 e. The van der Waals surface area contributed by atoms with Crippen molar-refractivity contribution in [1.82, 2.24) is 0 Å². The molecule has 0 atom stereocenters. The molecule has 184 valence electrons. The second-order valence-corrected chi connectivity index (χ2v) is 9.43. The molecule has 0 aliphatic carbocycles. The van der Waals surface area contributed by atoms with Crippen LogP contribution >= 0.6 is 0 Å². The number of hydrogen-bond donors (Lipinski definition) is 0. The van der Waals surface area contributed by atoms with Crippen molar-refractivity contribution in [3.05, 3.63) is 58.7 Å². The van der Waals surface area contributed by atoms with Crippen molar-refractivity contribution in [2.24, 2.45) is 9.98 Å². The summed E-state index contributed by atoms with van der Waals surface area (Å²) >= 11 is 0. The largest absolute Gasteiger partial charge is 0.252 e. The van der Waals surface area contributed by atoms with Gasteiger partial charge in [0.1, 0.15) is 0 Å². The van der Waals surface area contributed by atoms with E-state index in [0.717, 1.165) is 24.2 Å². The third-order valence-corrected chi connectivity index (χ3v) is 5.81. The van der Waals surface area contributed by atoms with Gasteiger partial charge in [-0.15, -0.1) is 0 Å². The second kappa shape index (κ2) is 16.0. The molecular weight excluding hydrogens is 447 g/mol. The number of nitrogens with zero attached hydrogens (tertiary/aromatic N) is 2. The van der Waals surface area contributed by atoms with Gasteiger partial charge in [0.15, 0.2) is 0 Å². The van der Waals surface area contributed by atoms with Gasteiger partial charge in [-0.25, -0.2) is 0 Å². The Kier molecular flexibility index (Phi) is 14.2. The fourth-order valence-electron chi connectivity index (χ4n) is 4.31. The normalized spacial score (nSPS) is 12.1. The molecule has 0 bridgehead atoms. The average molecular weight is 491 g/mol. The standard InChI is InChI=1S/C30H44N2.Ni/c1-7-9-11-13-15-29(31-27-19-23(3)17-24(4)20-27)30(16-14-12-10-8-2)32-28-21-25(5)18-26(6)22-28;/h17-22H,7-16H2,1-6H3;. The van der Waals surface area contributed by atoms with Crippen LogP contribution in [-0.4, -0.2) is 11.4 Å². The van der Waals surface area contributed by atoms with Crippen LogP contribution in [0.25, 0.3) is 0 Å². The number of aryl methyl sites for hydroxylation is 4. The van der Waals surface area contributed by atoms with Crippen molar-refractivity contribution in [2.75, 3.05) is 0 Å². The van der Waals surface area contributed by atoms with E-state index in [4.69, 9.17) is 9.98 Å². The topological polar surface area (TPSA) is 24.7 Å². The van der Waals surface area contributed by atoms with Crippen LogP contribution in [0.3, 0.4) is 0 Å². The SMILES string of the molecule is CCCCCCC(=Nc1cc(C)cc(C)c1)C(CCCCCC)=Nc1cc(C)cc(C)c1.[Ni]. The summed E-state index contributed by atoms with van der Waals surface area (Å²) in [5, 5.41) is 0. The Morgan fingerprint density at radius 2 is 0.848 bits per heavy atom. The number of benzene rings is 2. The van der Waals surface area contributed by atoms with Crippen LogP contribution in [0, 0.1) is 27.7 Å². The number of hydrogen-bond acceptors (Lipinski definition) is 2. The van der Waals surface area contributed by atoms with E-state index in [9.17, 15) is 0 Å². The third-order valence-electron chi connectivity index (χ3n) is 5.81. The first kappa shape index (κ1) is 29.3. The Hall–Kier alpha value is -1.73. The molecule has 33 heavy (non-hydrogen) atoms. The first-order chi connectivity index (χ1) is 15.4. The summed E-state index contributed by atoms with van der Waals surface area (Å²) in [5.41, 5.74) is 9.57. The molecule has 0 fully saturated rings. The van der Waals surface area contributed by atoms with Gasteiger partial charge in [-0.2, -0.15) is 0 Å². The molecule has 3 heteroatoms. The zero-order valence-corrected chi connectivity index (χ0v) is 22.7. The van der Waals surface area contributed by atoms with Crippen molar-refractivity contribution in [1.29, 1.82) is 0 Å². The minimum atomic E-state index is 0. The van der Waals surface area contributed by atoms with Crippen molar-refractivity contribution in [2.45, 2.75) is 106 Å². The van der Waals surface area contributed by atoms with Gasteiger partial charge in [0.05, 0.1) is 22.8 Å². The van der Waals surface area contributed by atoms with E-state index in [1.54, 1.807) is 0 Å². The number of rotatable bonds is 13. The van der Waals surface area contributed by atoms with Crippen LogP contribution in [0.15, 0.2) is 46.4 Å². The Morgan fingerprint density at radius 1 is 0.515 bits per heavy atom. The molecule has 0 saturated heterocycles. The van der Waals surface area contributed by atoms with E-state index >= 15 is 0 Å². The second-order valence-electron chi connectivity index (χ2n) is 9.43. The van der Waals surface area contributed by atoms with E-state index in [-0.39, 0.29) is 16.5 Å². The molecule has 0 saturated carbocycles. The Bertz CT molecular complexity index is 796. The summed E-state index contributed by atoms with van der Waals surface area (Å²) in [4.78, 5) is 10.4. The molecule has 2 rings (SSSR count). The quantitative estimate of drug-likeness (QED) is 0.151. The van der Waals surface area contributed by atoms with Gasteiger partial charge in [-0.3, -0.25) is 9.98 Å². The minimum Gasteiger partial charge on any atom is -0.252 e. The molecule has 0 heterocycles. The fourth-order valence-corrected chi connectivity index (χ4v) is 4.31. The summed E-state index contributed by atoms with van der Waals surface area (Å²) in [6.07, 6.45) is 12.0. The Labute approximate surface area is 213 Å². The molecule has 0 N–H and O–H groups in total. The van der Waals surface area contributed by atoms with Gasteiger partial charge in [-0.1, -0.05) is 64.5 Å². The van der Waals surface area contributed by atoms with Gasteiger partial charge in [-0.05, 0) is 99.9 Å². The summed E-state index contributed by atoms with van der Waals surface area (Å²) in [5.74, 6) is 0. The number of unbranched alkanes of at least 4 members (excludes halogenated alkanes) is 6. The van der Waals surface area contributed by atoms with Gasteiger partial charge in [0.2, 0.25) is 0 Å². The molecule has 0 radical (unpaired) electrons. The third kappa shape index (κ3) is 11.3. The van der Waals surface area contributed by atoms with E-state index in [1.165, 1.54) is 85.0 Å². The Balaban J connectivity index is 0.00000544. The van der Waals surface area contributed by atoms with Crippen LogP contribution in [0.1, 0.15) is 100 Å². The van der Waals surface area contributed by atoms with Crippen LogP contribution in [0.2, 0.25) is 0 Å². The molecule has 2 aromatic carbocycles. The zero-order chi connectivity index (χ0) is 23.3. The van der Waals surface area contributed by atoms with Crippen LogP contribution in [0.4, 0.5) is 11.4 Å². The molecule has 0 aromatic heterocycles. The van der Waals surface area contributed by atoms with Crippen LogP contribution < -0.4 is 0 Å². The van der Waals surface area contributed by atoms with Gasteiger partial charge >= 0.3 is 0 Å².